The molecule has 49 heavy (non-hydrogen) atoms. The molecule has 0 nitrogen and oxygen atoms in total. The molecule has 0 aromatic heterocycles. The molecule has 5 aromatic rings. The van der Waals surface area contributed by atoms with E-state index in [4.69, 9.17) is 11.6 Å². The van der Waals surface area contributed by atoms with Gasteiger partial charge in [-0.2, -0.15) is 36.4 Å². The van der Waals surface area contributed by atoms with Crippen molar-refractivity contribution < 1.29 is 24.2 Å². The van der Waals surface area contributed by atoms with Gasteiger partial charge >= 0.3 is 28.4 Å². The molecule has 0 bridgehead atoms. The number of allylic oxidation sites excluding steroid dienone is 4. The molecule has 7 rings (SSSR count). The maximum atomic E-state index is 5.52. The van der Waals surface area contributed by atoms with Crippen LogP contribution in [0.4, 0.5) is 0 Å². The molecule has 0 atom stereocenters. The average molecular weight is 784 g/mol. The molecule has 5 aromatic carbocycles. The van der Waals surface area contributed by atoms with Crippen LogP contribution in [-0.4, -0.2) is 4.21 Å². The average Bonchev–Trinajstić information content (AvgIpc) is 3.77. The standard InChI is InChI=1S/C33H33.C6H4Cl.C5H5.CH2.2ClH.Zr/c1-32(2,3)30-20-26-24(18-28(30)22-13-9-7-10-14-22)17-25-19-29(23-15-11-8-12-16-23)31(21-27(25)26)33(4,5)6;7-6-4-2-1-3-5-6;1-2-4-5-3-1;;;;/h7-16,18,20-21H,17H2,1-6H3;2-5H;1-3H,4H2;1H2;2*1H;/q3*-1;;;;. The van der Waals surface area contributed by atoms with E-state index in [1.165, 1.54) is 79.9 Å². The number of hydrogen-bond acceptors (Lipinski definition) is 0. The molecule has 2 aliphatic carbocycles. The van der Waals surface area contributed by atoms with Gasteiger partial charge in [-0.3, -0.25) is 6.08 Å². The second-order valence-electron chi connectivity index (χ2n) is 13.6. The Balaban J connectivity index is 0.000000436. The van der Waals surface area contributed by atoms with Crippen LogP contribution in [0.5, 0.6) is 0 Å². The first kappa shape index (κ1) is 42.4. The zero-order valence-corrected chi connectivity index (χ0v) is 34.2. The van der Waals surface area contributed by atoms with Gasteiger partial charge in [-0.15, -0.1) is 71.7 Å². The van der Waals surface area contributed by atoms with Gasteiger partial charge in [-0.05, 0) is 39.5 Å². The Morgan fingerprint density at radius 3 is 1.67 bits per heavy atom. The summed E-state index contributed by atoms with van der Waals surface area (Å²) < 4.78 is 3.34. The first-order valence-electron chi connectivity index (χ1n) is 16.1. The number of fused-ring (bicyclic) bond motifs is 3. The summed E-state index contributed by atoms with van der Waals surface area (Å²) in [6.45, 7) is 13.9. The van der Waals surface area contributed by atoms with Crippen LogP contribution in [0.1, 0.15) is 70.2 Å². The summed E-state index contributed by atoms with van der Waals surface area (Å²) in [6, 6.07) is 42.8. The summed E-state index contributed by atoms with van der Waals surface area (Å²) in [4.78, 5) is 0. The van der Waals surface area contributed by atoms with E-state index in [0.717, 1.165) is 17.9 Å². The van der Waals surface area contributed by atoms with Crippen LogP contribution in [0.15, 0.2) is 121 Å². The van der Waals surface area contributed by atoms with Crippen LogP contribution >= 0.6 is 36.4 Å². The first-order chi connectivity index (χ1) is 22.5. The normalized spacial score (nSPS) is 11.9. The number of hydrogen-bond donors (Lipinski definition) is 0. The summed E-state index contributed by atoms with van der Waals surface area (Å²) in [5, 5.41) is 0.763. The molecule has 0 fully saturated rings. The van der Waals surface area contributed by atoms with E-state index in [2.05, 4.69) is 149 Å². The molecule has 0 saturated heterocycles. The summed E-state index contributed by atoms with van der Waals surface area (Å²) in [6.07, 6.45) is 10.9. The monoisotopic (exact) mass is 781 g/mol. The molecule has 0 saturated carbocycles. The quantitative estimate of drug-likeness (QED) is 0.153. The van der Waals surface area contributed by atoms with E-state index in [0.29, 0.717) is 0 Å². The summed E-state index contributed by atoms with van der Waals surface area (Å²) in [5.41, 5.74) is 13.5. The van der Waals surface area contributed by atoms with Crippen molar-refractivity contribution >= 4 is 40.6 Å². The second kappa shape index (κ2) is 19.6. The predicted molar refractivity (Wildman–Crippen MR) is 215 cm³/mol. The van der Waals surface area contributed by atoms with Crippen LogP contribution < -0.4 is 0 Å². The molecule has 2 aliphatic rings. The third-order valence-electron chi connectivity index (χ3n) is 8.09. The molecule has 0 radical (unpaired) electrons. The molecule has 0 aliphatic heterocycles. The third kappa shape index (κ3) is 11.4. The fourth-order valence-corrected chi connectivity index (χ4v) is 5.93. The topological polar surface area (TPSA) is 0 Å². The van der Waals surface area contributed by atoms with Gasteiger partial charge in [-0.1, -0.05) is 136 Å². The van der Waals surface area contributed by atoms with Crippen molar-refractivity contribution in [3.05, 3.63) is 167 Å². The van der Waals surface area contributed by atoms with Gasteiger partial charge in [0.1, 0.15) is 0 Å². The number of benzene rings is 5. The van der Waals surface area contributed by atoms with E-state index < -0.39 is 0 Å². The van der Waals surface area contributed by atoms with Gasteiger partial charge in [0, 0.05) is 0 Å². The zero-order valence-electron chi connectivity index (χ0n) is 29.4. The van der Waals surface area contributed by atoms with Crippen molar-refractivity contribution in [1.82, 2.24) is 0 Å². The minimum absolute atomic E-state index is 0. The van der Waals surface area contributed by atoms with Crippen molar-refractivity contribution in [3.63, 3.8) is 0 Å². The van der Waals surface area contributed by atoms with Crippen molar-refractivity contribution in [1.29, 1.82) is 0 Å². The van der Waals surface area contributed by atoms with Crippen LogP contribution in [0.2, 0.25) is 5.02 Å². The van der Waals surface area contributed by atoms with E-state index in [-0.39, 0.29) is 35.6 Å². The van der Waals surface area contributed by atoms with E-state index in [9.17, 15) is 0 Å². The molecule has 4 heteroatoms. The van der Waals surface area contributed by atoms with Crippen LogP contribution in [0, 0.1) is 18.2 Å². The van der Waals surface area contributed by atoms with Crippen LogP contribution in [-0.2, 0) is 41.5 Å². The van der Waals surface area contributed by atoms with E-state index in [1.54, 1.807) is 24.3 Å². The Labute approximate surface area is 327 Å². The molecule has 0 spiro atoms. The maximum absolute atomic E-state index is 5.52. The predicted octanol–water partition coefficient (Wildman–Crippen LogP) is 13.2. The van der Waals surface area contributed by atoms with E-state index >= 15 is 0 Å². The zero-order chi connectivity index (χ0) is 34.0. The van der Waals surface area contributed by atoms with Crippen molar-refractivity contribution in [3.8, 4) is 33.4 Å². The van der Waals surface area contributed by atoms with Gasteiger partial charge in [0.05, 0.1) is 0 Å². The van der Waals surface area contributed by atoms with Gasteiger partial charge in [0.15, 0.2) is 0 Å². The summed E-state index contributed by atoms with van der Waals surface area (Å²) >= 11 is 6.82. The van der Waals surface area contributed by atoms with Gasteiger partial charge in [0.25, 0.3) is 0 Å². The van der Waals surface area contributed by atoms with E-state index in [1.807, 2.05) is 12.2 Å². The van der Waals surface area contributed by atoms with Gasteiger partial charge in [0.2, 0.25) is 0 Å². The third-order valence-corrected chi connectivity index (χ3v) is 8.34. The fraction of sp³-hybridized carbons (Fsp3) is 0.222. The fourth-order valence-electron chi connectivity index (χ4n) is 5.81. The van der Waals surface area contributed by atoms with Gasteiger partial charge < -0.3 is 0 Å². The summed E-state index contributed by atoms with van der Waals surface area (Å²) in [5.74, 6) is 0. The molecule has 0 N–H and O–H groups in total. The Kier molecular flexibility index (Phi) is 16.9. The minimum atomic E-state index is 0. The summed E-state index contributed by atoms with van der Waals surface area (Å²) in [7, 11) is 0. The van der Waals surface area contributed by atoms with Crippen LogP contribution in [0.3, 0.4) is 0 Å². The number of rotatable bonds is 2. The van der Waals surface area contributed by atoms with Crippen molar-refractivity contribution in [2.75, 3.05) is 0 Å². The van der Waals surface area contributed by atoms with Crippen molar-refractivity contribution in [2.45, 2.75) is 65.2 Å². The molecule has 0 heterocycles. The molecular formula is C45H46Cl3Zr-3. The Hall–Kier alpha value is -2.80. The first-order valence-corrected chi connectivity index (χ1v) is 18.2. The molecular weight excluding hydrogens is 738 g/mol. The Morgan fingerprint density at radius 2 is 1.22 bits per heavy atom. The Morgan fingerprint density at radius 1 is 0.673 bits per heavy atom. The Bertz CT molecular complexity index is 1700. The SMILES string of the molecule is CC(C)(C)c1cc2c([c-]c1-c1ccccc1)Cc1cc(-c3ccccc3)c(C(C)(C)C)cc1-2.Cl.Cl.Clc1cc[c-]cc1.[C-]1=CC=CC1.[CH2]=[Zr]. The van der Waals surface area contributed by atoms with Crippen molar-refractivity contribution in [2.24, 2.45) is 0 Å². The van der Waals surface area contributed by atoms with Crippen LogP contribution in [0.25, 0.3) is 33.4 Å². The molecule has 0 unspecified atom stereocenters. The second-order valence-corrected chi connectivity index (χ2v) is 14.1. The number of halogens is 3. The van der Waals surface area contributed by atoms with Gasteiger partial charge in [-0.25, -0.2) is 12.2 Å². The molecule has 254 valence electrons. The molecule has 0 amide bonds.